The molecular weight excluding hydrogens is 250 g/mol. The van der Waals surface area contributed by atoms with Crippen LogP contribution in [0.5, 0.6) is 0 Å². The minimum Gasteiger partial charge on any atom is -0.336 e. The van der Waals surface area contributed by atoms with E-state index >= 15 is 0 Å². The lowest BCUT2D eigenvalue weighted by molar-refractivity contribution is -0.145. The van der Waals surface area contributed by atoms with Gasteiger partial charge in [0.25, 0.3) is 0 Å². The fourth-order valence-corrected chi connectivity index (χ4v) is 4.32. The van der Waals surface area contributed by atoms with Crippen molar-refractivity contribution in [3.05, 3.63) is 0 Å². The minimum atomic E-state index is -0.566. The molecule has 1 amide bonds. The molecule has 3 fully saturated rings. The molecular formula is C16H29N3O. The maximum atomic E-state index is 12.9. The number of piperidine rings is 1. The summed E-state index contributed by atoms with van der Waals surface area (Å²) in [6.45, 7) is 5.34. The summed E-state index contributed by atoms with van der Waals surface area (Å²) >= 11 is 0. The number of rotatable bonds is 1. The van der Waals surface area contributed by atoms with E-state index in [1.807, 2.05) is 0 Å². The third kappa shape index (κ3) is 2.60. The first-order valence-corrected chi connectivity index (χ1v) is 8.44. The Kier molecular flexibility index (Phi) is 4.04. The maximum absolute atomic E-state index is 12.9. The van der Waals surface area contributed by atoms with Crippen molar-refractivity contribution in [2.45, 2.75) is 75.9 Å². The highest BCUT2D eigenvalue weighted by atomic mass is 16.2. The van der Waals surface area contributed by atoms with Gasteiger partial charge in [-0.2, -0.15) is 0 Å². The Morgan fingerprint density at radius 3 is 2.60 bits per heavy atom. The number of carbonyl (C=O) groups is 1. The number of nitrogens with two attached hydrogens (primary N) is 1. The van der Waals surface area contributed by atoms with Crippen molar-refractivity contribution in [2.75, 3.05) is 19.6 Å². The maximum Gasteiger partial charge on any atom is 0.242 e. The molecule has 2 N–H and O–H groups in total. The van der Waals surface area contributed by atoms with Crippen LogP contribution in [0.1, 0.15) is 58.3 Å². The van der Waals surface area contributed by atoms with E-state index in [2.05, 4.69) is 16.7 Å². The Balaban J connectivity index is 1.70. The fourth-order valence-electron chi connectivity index (χ4n) is 4.32. The van der Waals surface area contributed by atoms with Crippen LogP contribution >= 0.6 is 0 Å². The lowest BCUT2D eigenvalue weighted by atomic mass is 9.80. The second-order valence-electron chi connectivity index (χ2n) is 7.17. The summed E-state index contributed by atoms with van der Waals surface area (Å²) in [5.41, 5.74) is 5.89. The highest BCUT2D eigenvalue weighted by Gasteiger charge is 2.43. The van der Waals surface area contributed by atoms with Gasteiger partial charge in [0.1, 0.15) is 0 Å². The van der Waals surface area contributed by atoms with E-state index < -0.39 is 5.54 Å². The smallest absolute Gasteiger partial charge is 0.242 e. The van der Waals surface area contributed by atoms with Crippen LogP contribution in [-0.4, -0.2) is 53.0 Å². The number of fused-ring (bicyclic) bond motifs is 1. The third-order valence-electron chi connectivity index (χ3n) is 5.62. The van der Waals surface area contributed by atoms with Crippen molar-refractivity contribution in [3.63, 3.8) is 0 Å². The van der Waals surface area contributed by atoms with Crippen molar-refractivity contribution in [2.24, 2.45) is 5.73 Å². The average Bonchev–Trinajstić information content (AvgIpc) is 2.46. The topological polar surface area (TPSA) is 49.6 Å². The third-order valence-corrected chi connectivity index (χ3v) is 5.62. The van der Waals surface area contributed by atoms with Crippen LogP contribution in [0, 0.1) is 0 Å². The van der Waals surface area contributed by atoms with Crippen LogP contribution in [-0.2, 0) is 4.79 Å². The van der Waals surface area contributed by atoms with Gasteiger partial charge in [0.2, 0.25) is 5.91 Å². The molecule has 0 radical (unpaired) electrons. The molecule has 2 heterocycles. The van der Waals surface area contributed by atoms with Gasteiger partial charge in [0, 0.05) is 25.2 Å². The van der Waals surface area contributed by atoms with E-state index in [1.54, 1.807) is 0 Å². The number of amides is 1. The second-order valence-corrected chi connectivity index (χ2v) is 7.17. The van der Waals surface area contributed by atoms with Gasteiger partial charge in [-0.1, -0.05) is 25.7 Å². The normalized spacial score (nSPS) is 34.6. The van der Waals surface area contributed by atoms with Gasteiger partial charge in [-0.25, -0.2) is 0 Å². The Morgan fingerprint density at radius 2 is 1.85 bits per heavy atom. The molecule has 2 unspecified atom stereocenters. The number of hydrogen-bond donors (Lipinski definition) is 1. The Morgan fingerprint density at radius 1 is 1.10 bits per heavy atom. The second kappa shape index (κ2) is 5.64. The summed E-state index contributed by atoms with van der Waals surface area (Å²) in [7, 11) is 0. The van der Waals surface area contributed by atoms with Gasteiger partial charge < -0.3 is 10.6 Å². The first-order chi connectivity index (χ1) is 9.60. The molecule has 1 aliphatic carbocycles. The van der Waals surface area contributed by atoms with Crippen molar-refractivity contribution in [3.8, 4) is 0 Å². The monoisotopic (exact) mass is 279 g/mol. The Hall–Kier alpha value is -0.610. The highest BCUT2D eigenvalue weighted by Crippen LogP contribution is 2.31. The van der Waals surface area contributed by atoms with Crippen LogP contribution in [0.25, 0.3) is 0 Å². The molecule has 4 nitrogen and oxygen atoms in total. The summed E-state index contributed by atoms with van der Waals surface area (Å²) in [4.78, 5) is 17.6. The van der Waals surface area contributed by atoms with Crippen LogP contribution in [0.4, 0.5) is 0 Å². The summed E-state index contributed by atoms with van der Waals surface area (Å²) in [6.07, 6.45) is 9.09. The minimum absolute atomic E-state index is 0.231. The van der Waals surface area contributed by atoms with Crippen molar-refractivity contribution < 1.29 is 4.79 Å². The van der Waals surface area contributed by atoms with Crippen LogP contribution in [0.3, 0.4) is 0 Å². The SMILES string of the molecule is CC1CN2CCCCC2CN1C(=O)C1(N)CCCCC1. The lowest BCUT2D eigenvalue weighted by Gasteiger charge is -2.49. The average molecular weight is 279 g/mol. The van der Waals surface area contributed by atoms with Gasteiger partial charge in [-0.15, -0.1) is 0 Å². The predicted octanol–water partition coefficient (Wildman–Crippen LogP) is 1.73. The van der Waals surface area contributed by atoms with Crippen LogP contribution < -0.4 is 5.73 Å². The van der Waals surface area contributed by atoms with Gasteiger partial charge in [0.15, 0.2) is 0 Å². The first-order valence-electron chi connectivity index (χ1n) is 8.44. The number of nitrogens with zero attached hydrogens (tertiary/aromatic N) is 2. The fraction of sp³-hybridized carbons (Fsp3) is 0.938. The van der Waals surface area contributed by atoms with Crippen LogP contribution in [0.2, 0.25) is 0 Å². The summed E-state index contributed by atoms with van der Waals surface area (Å²) < 4.78 is 0. The Labute approximate surface area is 122 Å². The molecule has 0 spiro atoms. The molecule has 3 aliphatic rings. The van der Waals surface area contributed by atoms with Crippen molar-refractivity contribution >= 4 is 5.91 Å². The van der Waals surface area contributed by atoms with E-state index in [9.17, 15) is 4.79 Å². The quantitative estimate of drug-likeness (QED) is 0.795. The van der Waals surface area contributed by atoms with E-state index in [4.69, 9.17) is 5.73 Å². The number of carbonyl (C=O) groups excluding carboxylic acids is 1. The Bertz CT molecular complexity index is 365. The molecule has 0 bridgehead atoms. The molecule has 0 aromatic rings. The standard InChI is InChI=1S/C16H29N3O/c1-13-11-18-10-6-3-7-14(18)12-19(13)15(20)16(17)8-4-2-5-9-16/h13-14H,2-12,17H2,1H3. The zero-order valence-electron chi connectivity index (χ0n) is 12.8. The van der Waals surface area contributed by atoms with E-state index in [1.165, 1.54) is 32.2 Å². The number of piperazine rings is 1. The zero-order chi connectivity index (χ0) is 14.2. The summed E-state index contributed by atoms with van der Waals surface area (Å²) in [6, 6.07) is 0.898. The van der Waals surface area contributed by atoms with Crippen molar-refractivity contribution in [1.29, 1.82) is 0 Å². The molecule has 2 atom stereocenters. The largest absolute Gasteiger partial charge is 0.336 e. The van der Waals surface area contributed by atoms with E-state index in [-0.39, 0.29) is 5.91 Å². The highest BCUT2D eigenvalue weighted by molar-refractivity contribution is 5.86. The molecule has 3 rings (SSSR count). The van der Waals surface area contributed by atoms with Crippen molar-refractivity contribution in [1.82, 2.24) is 9.80 Å². The van der Waals surface area contributed by atoms with Gasteiger partial charge in [-0.3, -0.25) is 9.69 Å². The number of hydrogen-bond acceptors (Lipinski definition) is 3. The zero-order valence-corrected chi connectivity index (χ0v) is 12.8. The summed E-state index contributed by atoms with van der Waals surface area (Å²) in [5.74, 6) is 0.231. The predicted molar refractivity (Wildman–Crippen MR) is 80.4 cm³/mol. The first kappa shape index (κ1) is 14.3. The van der Waals surface area contributed by atoms with E-state index in [0.717, 1.165) is 38.8 Å². The molecule has 2 saturated heterocycles. The van der Waals surface area contributed by atoms with Gasteiger partial charge in [0.05, 0.1) is 5.54 Å². The van der Waals surface area contributed by atoms with Gasteiger partial charge in [-0.05, 0) is 39.2 Å². The molecule has 20 heavy (non-hydrogen) atoms. The molecule has 114 valence electrons. The molecule has 0 aromatic heterocycles. The summed E-state index contributed by atoms with van der Waals surface area (Å²) in [5, 5.41) is 0. The lowest BCUT2D eigenvalue weighted by Crippen LogP contribution is -2.65. The molecule has 2 aliphatic heterocycles. The van der Waals surface area contributed by atoms with Crippen LogP contribution in [0.15, 0.2) is 0 Å². The van der Waals surface area contributed by atoms with Gasteiger partial charge >= 0.3 is 0 Å². The molecule has 0 aromatic carbocycles. The molecule has 4 heteroatoms. The van der Waals surface area contributed by atoms with E-state index in [0.29, 0.717) is 12.1 Å². The molecule has 1 saturated carbocycles.